The van der Waals surface area contributed by atoms with E-state index >= 15 is 0 Å². The van der Waals surface area contributed by atoms with E-state index in [1.165, 1.54) is 199 Å². The number of esters is 1. The summed E-state index contributed by atoms with van der Waals surface area (Å²) in [6, 6.07) is -0.830. The molecular weight excluding hydrogens is 967 g/mol. The lowest BCUT2D eigenvalue weighted by atomic mass is 9.99. The van der Waals surface area contributed by atoms with Gasteiger partial charge in [-0.25, -0.2) is 0 Å². The van der Waals surface area contributed by atoms with Crippen molar-refractivity contribution < 1.29 is 49.3 Å². The quantitative estimate of drug-likeness (QED) is 0.0195. The highest BCUT2D eigenvalue weighted by atomic mass is 16.7. The largest absolute Gasteiger partial charge is 0.466 e. The van der Waals surface area contributed by atoms with Gasteiger partial charge in [-0.2, -0.15) is 0 Å². The van der Waals surface area contributed by atoms with E-state index in [9.17, 15) is 35.1 Å². The minimum atomic E-state index is -1.58. The van der Waals surface area contributed by atoms with E-state index in [4.69, 9.17) is 14.2 Å². The van der Waals surface area contributed by atoms with E-state index < -0.39 is 49.5 Å². The average molecular weight is 1090 g/mol. The van der Waals surface area contributed by atoms with Crippen LogP contribution in [0.2, 0.25) is 0 Å². The SMILES string of the molecule is CCCCCCC/C=C/CC/C=C/C(O)C(COC1OC(CO)C(O)C(O)C1O)NC(=O)CCCCCCCCCCCCC/C=C\C/C=C\CCCCCCCCCCCOC(=O)CCCCCCCCCCCCC. The number of allylic oxidation sites excluding steroid dienone is 7. The van der Waals surface area contributed by atoms with E-state index in [-0.39, 0.29) is 18.5 Å². The van der Waals surface area contributed by atoms with Crippen molar-refractivity contribution in [2.24, 2.45) is 0 Å². The number of carbonyl (C=O) groups excluding carboxylic acids is 2. The molecule has 0 aromatic rings. The van der Waals surface area contributed by atoms with Gasteiger partial charge in [0.25, 0.3) is 0 Å². The van der Waals surface area contributed by atoms with Crippen LogP contribution in [-0.2, 0) is 23.8 Å². The maximum atomic E-state index is 13.0. The first kappa shape index (κ1) is 72.6. The molecule has 1 heterocycles. The topological polar surface area (TPSA) is 175 Å². The highest BCUT2D eigenvalue weighted by Crippen LogP contribution is 2.23. The highest BCUT2D eigenvalue weighted by Gasteiger charge is 2.44. The third-order valence-corrected chi connectivity index (χ3v) is 15.2. The Morgan fingerprint density at radius 1 is 0.481 bits per heavy atom. The molecule has 0 aromatic carbocycles. The zero-order chi connectivity index (χ0) is 55.9. The summed E-state index contributed by atoms with van der Waals surface area (Å²) in [5, 5.41) is 54.3. The highest BCUT2D eigenvalue weighted by molar-refractivity contribution is 5.76. The molecule has 0 aromatic heterocycles. The molecule has 1 aliphatic rings. The predicted molar refractivity (Wildman–Crippen MR) is 320 cm³/mol. The number of rotatable bonds is 56. The molecule has 7 atom stereocenters. The second-order valence-electron chi connectivity index (χ2n) is 22.5. The van der Waals surface area contributed by atoms with Gasteiger partial charge in [0.2, 0.25) is 5.91 Å². The van der Waals surface area contributed by atoms with E-state index in [2.05, 4.69) is 55.6 Å². The lowest BCUT2D eigenvalue weighted by Crippen LogP contribution is -2.60. The van der Waals surface area contributed by atoms with Gasteiger partial charge in [0.15, 0.2) is 6.29 Å². The Morgan fingerprint density at radius 3 is 1.36 bits per heavy atom. The van der Waals surface area contributed by atoms with Gasteiger partial charge in [-0.3, -0.25) is 9.59 Å². The molecule has 0 radical (unpaired) electrons. The molecule has 77 heavy (non-hydrogen) atoms. The Balaban J connectivity index is 2.02. The molecule has 1 saturated heterocycles. The summed E-state index contributed by atoms with van der Waals surface area (Å²) < 4.78 is 16.7. The van der Waals surface area contributed by atoms with Gasteiger partial charge in [0.05, 0.1) is 32.0 Å². The van der Waals surface area contributed by atoms with Gasteiger partial charge in [-0.15, -0.1) is 0 Å². The molecule has 0 spiro atoms. The van der Waals surface area contributed by atoms with Crippen LogP contribution >= 0.6 is 0 Å². The fraction of sp³-hybridized carbons (Fsp3) is 0.848. The first-order valence-corrected chi connectivity index (χ1v) is 32.4. The van der Waals surface area contributed by atoms with Gasteiger partial charge < -0.3 is 45.1 Å². The monoisotopic (exact) mass is 1090 g/mol. The zero-order valence-corrected chi connectivity index (χ0v) is 49.7. The van der Waals surface area contributed by atoms with Crippen LogP contribution < -0.4 is 5.32 Å². The molecule has 1 aliphatic heterocycles. The van der Waals surface area contributed by atoms with Crippen molar-refractivity contribution in [3.63, 3.8) is 0 Å². The molecular formula is C66H121NO10. The summed E-state index contributed by atoms with van der Waals surface area (Å²) in [6.07, 6.45) is 60.9. The summed E-state index contributed by atoms with van der Waals surface area (Å²) in [5.74, 6) is -0.196. The number of amides is 1. The molecule has 1 rings (SSSR count). The van der Waals surface area contributed by atoms with Crippen LogP contribution in [0.15, 0.2) is 48.6 Å². The Kier molecular flexibility index (Phi) is 52.4. The van der Waals surface area contributed by atoms with Gasteiger partial charge in [-0.05, 0) is 77.0 Å². The maximum Gasteiger partial charge on any atom is 0.305 e. The third kappa shape index (κ3) is 45.0. The Morgan fingerprint density at radius 2 is 0.883 bits per heavy atom. The van der Waals surface area contributed by atoms with Gasteiger partial charge in [0, 0.05) is 12.8 Å². The molecule has 0 bridgehead atoms. The lowest BCUT2D eigenvalue weighted by molar-refractivity contribution is -0.302. The zero-order valence-electron chi connectivity index (χ0n) is 49.7. The molecule has 450 valence electrons. The Bertz CT molecular complexity index is 1420. The Labute approximate surface area is 472 Å². The van der Waals surface area contributed by atoms with Crippen molar-refractivity contribution in [2.45, 2.75) is 339 Å². The number of aliphatic hydroxyl groups excluding tert-OH is 5. The van der Waals surface area contributed by atoms with Crippen LogP contribution in [0.4, 0.5) is 0 Å². The van der Waals surface area contributed by atoms with E-state index in [0.29, 0.717) is 19.4 Å². The van der Waals surface area contributed by atoms with Crippen LogP contribution in [0.25, 0.3) is 0 Å². The first-order chi connectivity index (χ1) is 37.7. The predicted octanol–water partition coefficient (Wildman–Crippen LogP) is 15.6. The summed E-state index contributed by atoms with van der Waals surface area (Å²) in [5.41, 5.74) is 0. The molecule has 1 fully saturated rings. The minimum absolute atomic E-state index is 0.000132. The van der Waals surface area contributed by atoms with Crippen molar-refractivity contribution in [3.8, 4) is 0 Å². The standard InChI is InChI=1S/C66H121NO10/c1-3-5-7-9-11-13-32-36-40-44-48-52-59(69)58(57-76-66-65(74)64(73)63(72)60(56-68)77-66)67-61(70)53-49-45-41-37-34-30-28-26-24-22-20-18-16-15-17-19-21-23-25-27-29-31-35-39-43-47-51-55-75-62(71)54-50-46-42-38-33-14-12-10-8-6-4-2/h15-16,19,21,32,36,48,52,58-60,63-66,68-69,72-74H,3-14,17-18,20,22-31,33-35,37-47,49-51,53-57H2,1-2H3,(H,67,70)/b16-15-,21-19-,36-32+,52-48+. The summed E-state index contributed by atoms with van der Waals surface area (Å²) in [7, 11) is 0. The van der Waals surface area contributed by atoms with Crippen molar-refractivity contribution >= 4 is 11.9 Å². The smallest absolute Gasteiger partial charge is 0.305 e. The fourth-order valence-corrected chi connectivity index (χ4v) is 10.0. The summed E-state index contributed by atoms with van der Waals surface area (Å²) in [4.78, 5) is 25.0. The maximum absolute atomic E-state index is 13.0. The fourth-order valence-electron chi connectivity index (χ4n) is 10.0. The lowest BCUT2D eigenvalue weighted by Gasteiger charge is -2.40. The number of unbranched alkanes of at least 4 members (excludes halogenated alkanes) is 36. The van der Waals surface area contributed by atoms with Crippen LogP contribution in [-0.4, -0.2) is 100 Å². The normalized spacial score (nSPS) is 18.9. The minimum Gasteiger partial charge on any atom is -0.466 e. The number of nitrogens with one attached hydrogen (secondary N) is 1. The molecule has 7 unspecified atom stereocenters. The van der Waals surface area contributed by atoms with Crippen molar-refractivity contribution in [2.75, 3.05) is 19.8 Å². The van der Waals surface area contributed by atoms with Crippen LogP contribution in [0.3, 0.4) is 0 Å². The molecule has 11 nitrogen and oxygen atoms in total. The number of hydrogen-bond acceptors (Lipinski definition) is 10. The van der Waals surface area contributed by atoms with Gasteiger partial charge in [0.1, 0.15) is 24.4 Å². The van der Waals surface area contributed by atoms with Crippen LogP contribution in [0.1, 0.15) is 296 Å². The summed E-state index contributed by atoms with van der Waals surface area (Å²) in [6.45, 7) is 4.31. The number of ether oxygens (including phenoxy) is 3. The molecule has 0 aliphatic carbocycles. The van der Waals surface area contributed by atoms with Crippen molar-refractivity contribution in [1.82, 2.24) is 5.32 Å². The van der Waals surface area contributed by atoms with Gasteiger partial charge >= 0.3 is 5.97 Å². The molecule has 0 saturated carbocycles. The number of carbonyl (C=O) groups is 2. The molecule has 6 N–H and O–H groups in total. The van der Waals surface area contributed by atoms with Crippen LogP contribution in [0.5, 0.6) is 0 Å². The molecule has 1 amide bonds. The number of hydrogen-bond donors (Lipinski definition) is 6. The van der Waals surface area contributed by atoms with E-state index in [1.54, 1.807) is 6.08 Å². The van der Waals surface area contributed by atoms with Crippen molar-refractivity contribution in [1.29, 1.82) is 0 Å². The van der Waals surface area contributed by atoms with E-state index in [0.717, 1.165) is 70.6 Å². The second kappa shape index (κ2) is 55.5. The third-order valence-electron chi connectivity index (χ3n) is 15.2. The van der Waals surface area contributed by atoms with E-state index in [1.807, 2.05) is 6.08 Å². The first-order valence-electron chi connectivity index (χ1n) is 32.4. The average Bonchev–Trinajstić information content (AvgIpc) is 3.43. The number of aliphatic hydroxyl groups is 5. The van der Waals surface area contributed by atoms with Crippen molar-refractivity contribution in [3.05, 3.63) is 48.6 Å². The Hall–Kier alpha value is -2.38. The summed E-state index contributed by atoms with van der Waals surface area (Å²) >= 11 is 0. The van der Waals surface area contributed by atoms with Crippen LogP contribution in [0, 0.1) is 0 Å². The van der Waals surface area contributed by atoms with Gasteiger partial charge in [-0.1, -0.05) is 255 Å². The molecule has 11 heteroatoms. The second-order valence-corrected chi connectivity index (χ2v) is 22.5.